The molecule has 22 heavy (non-hydrogen) atoms. The highest BCUT2D eigenvalue weighted by Crippen LogP contribution is 2.41. The molecule has 0 unspecified atom stereocenters. The minimum absolute atomic E-state index is 0.193. The van der Waals surface area contributed by atoms with Gasteiger partial charge >= 0.3 is 0 Å². The summed E-state index contributed by atoms with van der Waals surface area (Å²) in [6.07, 6.45) is 4.41. The Kier molecular flexibility index (Phi) is 3.35. The lowest BCUT2D eigenvalue weighted by molar-refractivity contribution is -0.134. The van der Waals surface area contributed by atoms with Gasteiger partial charge in [-0.25, -0.2) is 4.39 Å². The Morgan fingerprint density at radius 1 is 1.23 bits per heavy atom. The normalized spacial score (nSPS) is 25.5. The Morgan fingerprint density at radius 2 is 2.00 bits per heavy atom. The molecule has 2 saturated carbocycles. The number of benzene rings is 1. The Labute approximate surface area is 131 Å². The van der Waals surface area contributed by atoms with E-state index in [1.54, 1.807) is 6.07 Å². The van der Waals surface area contributed by atoms with E-state index in [2.05, 4.69) is 24.0 Å². The summed E-state index contributed by atoms with van der Waals surface area (Å²) in [6, 6.07) is 6.71. The van der Waals surface area contributed by atoms with Crippen LogP contribution in [0.3, 0.4) is 0 Å². The van der Waals surface area contributed by atoms with Gasteiger partial charge in [-0.15, -0.1) is 0 Å². The largest absolute Gasteiger partial charge is 0.368 e. The van der Waals surface area contributed by atoms with Crippen molar-refractivity contribution in [1.29, 1.82) is 0 Å². The molecule has 1 heterocycles. The Balaban J connectivity index is 1.49. The molecule has 1 amide bonds. The summed E-state index contributed by atoms with van der Waals surface area (Å²) in [6.45, 7) is 4.41. The van der Waals surface area contributed by atoms with Crippen molar-refractivity contribution in [2.45, 2.75) is 44.6 Å². The first-order chi connectivity index (χ1) is 10.6. The van der Waals surface area contributed by atoms with Crippen molar-refractivity contribution in [1.82, 2.24) is 4.90 Å². The first-order valence-electron chi connectivity index (χ1n) is 8.40. The number of hydrogen-bond donors (Lipinski definition) is 0. The summed E-state index contributed by atoms with van der Waals surface area (Å²) < 4.78 is 13.8. The molecule has 0 spiro atoms. The van der Waals surface area contributed by atoms with Crippen LogP contribution in [-0.2, 0) is 4.79 Å². The van der Waals surface area contributed by atoms with Crippen LogP contribution in [0.4, 0.5) is 10.1 Å². The molecular formula is C18H22FN2O. The van der Waals surface area contributed by atoms with Gasteiger partial charge in [0.25, 0.3) is 0 Å². The molecule has 1 saturated heterocycles. The van der Waals surface area contributed by atoms with E-state index in [0.29, 0.717) is 11.8 Å². The fraction of sp³-hybridized carbons (Fsp3) is 0.611. The van der Waals surface area contributed by atoms with Crippen LogP contribution in [0.15, 0.2) is 12.1 Å². The van der Waals surface area contributed by atoms with E-state index in [4.69, 9.17) is 0 Å². The van der Waals surface area contributed by atoms with E-state index in [0.717, 1.165) is 56.6 Å². The molecule has 1 aliphatic heterocycles. The summed E-state index contributed by atoms with van der Waals surface area (Å²) in [5.74, 6) is 0.839. The standard InChI is InChI=1S/C18H22FN2O/c1-12-11-20(6-7-21(12)18(22)14-4-5-14)17-9-15(13-2-3-13)8-16(19)10-17/h9-10,12-14H,2-7,11H2,1H3/t12-/m1/s1. The van der Waals surface area contributed by atoms with Crippen LogP contribution in [0.25, 0.3) is 0 Å². The van der Waals surface area contributed by atoms with E-state index in [1.807, 2.05) is 4.90 Å². The van der Waals surface area contributed by atoms with Gasteiger partial charge in [-0.2, -0.15) is 0 Å². The molecule has 1 atom stereocenters. The highest BCUT2D eigenvalue weighted by molar-refractivity contribution is 5.81. The highest BCUT2D eigenvalue weighted by atomic mass is 19.1. The molecule has 4 heteroatoms. The van der Waals surface area contributed by atoms with Crippen LogP contribution in [0.1, 0.15) is 44.1 Å². The maximum Gasteiger partial charge on any atom is 0.226 e. The lowest BCUT2D eigenvalue weighted by Crippen LogP contribution is -2.54. The predicted molar refractivity (Wildman–Crippen MR) is 83.3 cm³/mol. The summed E-state index contributed by atoms with van der Waals surface area (Å²) in [7, 11) is 0. The molecule has 1 aromatic carbocycles. The van der Waals surface area contributed by atoms with Crippen LogP contribution in [0.2, 0.25) is 0 Å². The lowest BCUT2D eigenvalue weighted by Gasteiger charge is -2.41. The van der Waals surface area contributed by atoms with E-state index in [-0.39, 0.29) is 17.8 Å². The van der Waals surface area contributed by atoms with Crippen LogP contribution in [0.5, 0.6) is 0 Å². The minimum Gasteiger partial charge on any atom is -0.368 e. The first-order valence-corrected chi connectivity index (χ1v) is 8.40. The van der Waals surface area contributed by atoms with E-state index >= 15 is 0 Å². The van der Waals surface area contributed by atoms with Gasteiger partial charge in [0, 0.05) is 43.3 Å². The number of piperazine rings is 1. The molecule has 4 rings (SSSR count). The number of halogens is 1. The molecule has 3 aliphatic rings. The number of anilines is 1. The zero-order valence-electron chi connectivity index (χ0n) is 13.0. The number of amides is 1. The highest BCUT2D eigenvalue weighted by Gasteiger charge is 2.37. The fourth-order valence-corrected chi connectivity index (χ4v) is 3.42. The van der Waals surface area contributed by atoms with Crippen LogP contribution in [-0.4, -0.2) is 36.5 Å². The maximum atomic E-state index is 13.8. The number of carbonyl (C=O) groups excluding carboxylic acids is 1. The summed E-state index contributed by atoms with van der Waals surface area (Å²) in [4.78, 5) is 16.5. The first kappa shape index (κ1) is 14.0. The summed E-state index contributed by atoms with van der Waals surface area (Å²) in [5, 5.41) is 0. The van der Waals surface area contributed by atoms with Crippen molar-refractivity contribution in [2.75, 3.05) is 24.5 Å². The number of rotatable bonds is 3. The Morgan fingerprint density at radius 3 is 2.64 bits per heavy atom. The van der Waals surface area contributed by atoms with Gasteiger partial charge in [-0.05, 0) is 56.2 Å². The molecule has 1 aromatic rings. The van der Waals surface area contributed by atoms with Gasteiger partial charge in [0.2, 0.25) is 5.91 Å². The van der Waals surface area contributed by atoms with Crippen molar-refractivity contribution < 1.29 is 9.18 Å². The Hall–Kier alpha value is -1.58. The van der Waals surface area contributed by atoms with Gasteiger partial charge < -0.3 is 9.80 Å². The SMILES string of the molecule is C[C@@H]1CN(c2cc(F)[c]c(C3CC3)c2)CCN1C(=O)C1CC1. The van der Waals surface area contributed by atoms with Crippen LogP contribution < -0.4 is 4.90 Å². The fourth-order valence-electron chi connectivity index (χ4n) is 3.42. The average Bonchev–Trinajstić information content (AvgIpc) is 3.39. The predicted octanol–water partition coefficient (Wildman–Crippen LogP) is 2.95. The van der Waals surface area contributed by atoms with Crippen molar-refractivity contribution in [3.63, 3.8) is 0 Å². The third-order valence-corrected chi connectivity index (χ3v) is 5.06. The average molecular weight is 301 g/mol. The van der Waals surface area contributed by atoms with Crippen molar-refractivity contribution in [3.8, 4) is 0 Å². The van der Waals surface area contributed by atoms with E-state index < -0.39 is 0 Å². The van der Waals surface area contributed by atoms with Crippen molar-refractivity contribution >= 4 is 11.6 Å². The molecule has 0 N–H and O–H groups in total. The second-order valence-electron chi connectivity index (χ2n) is 7.02. The van der Waals surface area contributed by atoms with E-state index in [1.165, 1.54) is 0 Å². The van der Waals surface area contributed by atoms with Gasteiger partial charge in [-0.1, -0.05) is 0 Å². The summed E-state index contributed by atoms with van der Waals surface area (Å²) in [5.41, 5.74) is 1.96. The third kappa shape index (κ3) is 2.71. The zero-order valence-corrected chi connectivity index (χ0v) is 13.0. The van der Waals surface area contributed by atoms with Gasteiger partial charge in [0.05, 0.1) is 0 Å². The second-order valence-corrected chi connectivity index (χ2v) is 7.02. The Bertz CT molecular complexity index is 595. The number of carbonyl (C=O) groups is 1. The lowest BCUT2D eigenvalue weighted by atomic mass is 10.1. The topological polar surface area (TPSA) is 23.6 Å². The van der Waals surface area contributed by atoms with Crippen LogP contribution >= 0.6 is 0 Å². The molecule has 1 radical (unpaired) electrons. The number of hydrogen-bond acceptors (Lipinski definition) is 2. The van der Waals surface area contributed by atoms with Crippen LogP contribution in [0, 0.1) is 17.8 Å². The molecule has 0 aromatic heterocycles. The molecular weight excluding hydrogens is 279 g/mol. The smallest absolute Gasteiger partial charge is 0.226 e. The van der Waals surface area contributed by atoms with Gasteiger partial charge in [0.1, 0.15) is 5.82 Å². The van der Waals surface area contributed by atoms with Crippen molar-refractivity contribution in [3.05, 3.63) is 29.6 Å². The monoisotopic (exact) mass is 301 g/mol. The molecule has 3 fully saturated rings. The van der Waals surface area contributed by atoms with Crippen molar-refractivity contribution in [2.24, 2.45) is 5.92 Å². The quantitative estimate of drug-likeness (QED) is 0.857. The molecule has 3 nitrogen and oxygen atoms in total. The third-order valence-electron chi connectivity index (χ3n) is 5.06. The molecule has 117 valence electrons. The number of nitrogens with zero attached hydrogens (tertiary/aromatic N) is 2. The summed E-state index contributed by atoms with van der Waals surface area (Å²) >= 11 is 0. The molecule has 0 bridgehead atoms. The maximum absolute atomic E-state index is 13.8. The second kappa shape index (κ2) is 5.25. The zero-order chi connectivity index (χ0) is 15.3. The van der Waals surface area contributed by atoms with Gasteiger partial charge in [0.15, 0.2) is 0 Å². The van der Waals surface area contributed by atoms with E-state index in [9.17, 15) is 9.18 Å². The van der Waals surface area contributed by atoms with Gasteiger partial charge in [-0.3, -0.25) is 4.79 Å². The molecule has 2 aliphatic carbocycles. The minimum atomic E-state index is -0.261.